The molecule has 1 spiro atoms. The van der Waals surface area contributed by atoms with Crippen LogP contribution >= 0.6 is 0 Å². The van der Waals surface area contributed by atoms with Crippen LogP contribution in [0.2, 0.25) is 0 Å². The largest absolute Gasteiger partial charge is 0.332 e. The van der Waals surface area contributed by atoms with Crippen molar-refractivity contribution in [2.24, 2.45) is 0 Å². The predicted molar refractivity (Wildman–Crippen MR) is 114 cm³/mol. The van der Waals surface area contributed by atoms with Gasteiger partial charge in [-0.05, 0) is 36.5 Å². The zero-order valence-corrected chi connectivity index (χ0v) is 17.3. The Morgan fingerprint density at radius 1 is 0.900 bits per heavy atom. The molecule has 156 valence electrons. The number of rotatable bonds is 2. The molecule has 0 unspecified atom stereocenters. The summed E-state index contributed by atoms with van der Waals surface area (Å²) in [4.78, 5) is 18.0. The van der Waals surface area contributed by atoms with Crippen molar-refractivity contribution >= 4 is 11.6 Å². The quantitative estimate of drug-likeness (QED) is 0.760. The highest BCUT2D eigenvalue weighted by Crippen LogP contribution is 2.50. The molecule has 4 aliphatic rings. The van der Waals surface area contributed by atoms with Crippen LogP contribution in [0.15, 0.2) is 48.5 Å². The van der Waals surface area contributed by atoms with Gasteiger partial charge in [-0.15, -0.1) is 0 Å². The Morgan fingerprint density at radius 2 is 1.60 bits per heavy atom. The molecule has 1 saturated heterocycles. The van der Waals surface area contributed by atoms with E-state index in [4.69, 9.17) is 9.47 Å². The highest BCUT2D eigenvalue weighted by molar-refractivity contribution is 6.06. The maximum atomic E-state index is 13.8. The van der Waals surface area contributed by atoms with E-state index in [0.29, 0.717) is 6.67 Å². The summed E-state index contributed by atoms with van der Waals surface area (Å²) in [6.07, 6.45) is 6.52. The number of nitrogens with zero attached hydrogens (tertiary/aromatic N) is 2. The number of fused-ring (bicyclic) bond motifs is 4. The van der Waals surface area contributed by atoms with Gasteiger partial charge in [-0.3, -0.25) is 14.6 Å². The molecule has 0 N–H and O–H groups in total. The third kappa shape index (κ3) is 2.83. The maximum absolute atomic E-state index is 13.8. The summed E-state index contributed by atoms with van der Waals surface area (Å²) in [7, 11) is 0. The summed E-state index contributed by atoms with van der Waals surface area (Å²) in [5, 5.41) is 0. The molecule has 2 atom stereocenters. The van der Waals surface area contributed by atoms with E-state index in [-0.39, 0.29) is 18.1 Å². The highest BCUT2D eigenvalue weighted by Gasteiger charge is 2.61. The lowest BCUT2D eigenvalue weighted by Crippen LogP contribution is -2.47. The Bertz CT molecular complexity index is 960. The minimum atomic E-state index is -1.25. The SMILES string of the molecule is O=C1N(CN2CCc3ccccc3C2)c2ccccc2C12O[C@H]1CCCCC[C@@H]1O2. The van der Waals surface area contributed by atoms with E-state index in [1.54, 1.807) is 0 Å². The normalized spacial score (nSPS) is 27.6. The number of carbonyl (C=O) groups excluding carboxylic acids is 1. The van der Waals surface area contributed by atoms with Crippen molar-refractivity contribution in [2.75, 3.05) is 18.1 Å². The summed E-state index contributed by atoms with van der Waals surface area (Å²) in [5.41, 5.74) is 4.58. The Hall–Kier alpha value is -2.21. The second kappa shape index (κ2) is 7.19. The van der Waals surface area contributed by atoms with Crippen molar-refractivity contribution in [1.29, 1.82) is 0 Å². The van der Waals surface area contributed by atoms with Gasteiger partial charge < -0.3 is 9.47 Å². The Kier molecular flexibility index (Phi) is 4.44. The van der Waals surface area contributed by atoms with E-state index in [1.165, 1.54) is 17.5 Å². The lowest BCUT2D eigenvalue weighted by Gasteiger charge is -2.32. The van der Waals surface area contributed by atoms with Gasteiger partial charge >= 0.3 is 0 Å². The lowest BCUT2D eigenvalue weighted by atomic mass is 10.0. The van der Waals surface area contributed by atoms with Crippen LogP contribution < -0.4 is 4.90 Å². The molecule has 1 saturated carbocycles. The molecule has 0 aromatic heterocycles. The van der Waals surface area contributed by atoms with Gasteiger partial charge in [-0.25, -0.2) is 0 Å². The Balaban J connectivity index is 1.29. The van der Waals surface area contributed by atoms with Crippen LogP contribution in [-0.4, -0.2) is 36.2 Å². The van der Waals surface area contributed by atoms with Crippen LogP contribution in [0.4, 0.5) is 5.69 Å². The van der Waals surface area contributed by atoms with E-state index < -0.39 is 5.79 Å². The third-order valence-corrected chi connectivity index (χ3v) is 7.15. The number of benzene rings is 2. The molecule has 2 aromatic carbocycles. The monoisotopic (exact) mass is 404 g/mol. The van der Waals surface area contributed by atoms with Gasteiger partial charge in [0, 0.05) is 18.7 Å². The van der Waals surface area contributed by atoms with Gasteiger partial charge in [0.05, 0.1) is 24.6 Å². The number of para-hydroxylation sites is 1. The van der Waals surface area contributed by atoms with Gasteiger partial charge in [0.25, 0.3) is 11.7 Å². The summed E-state index contributed by atoms with van der Waals surface area (Å²) >= 11 is 0. The van der Waals surface area contributed by atoms with E-state index in [1.807, 2.05) is 29.2 Å². The molecule has 1 aliphatic carbocycles. The maximum Gasteiger partial charge on any atom is 0.293 e. The summed E-state index contributed by atoms with van der Waals surface area (Å²) in [6.45, 7) is 2.37. The zero-order valence-electron chi connectivity index (χ0n) is 17.3. The first-order valence-corrected chi connectivity index (χ1v) is 11.3. The number of ether oxygens (including phenoxy) is 2. The minimum Gasteiger partial charge on any atom is -0.332 e. The highest BCUT2D eigenvalue weighted by atomic mass is 16.8. The number of carbonyl (C=O) groups is 1. The van der Waals surface area contributed by atoms with Crippen molar-refractivity contribution in [2.45, 2.75) is 63.1 Å². The Labute approximate surface area is 177 Å². The van der Waals surface area contributed by atoms with Crippen LogP contribution in [-0.2, 0) is 33.0 Å². The Morgan fingerprint density at radius 3 is 2.40 bits per heavy atom. The van der Waals surface area contributed by atoms with Crippen molar-refractivity contribution in [3.8, 4) is 0 Å². The van der Waals surface area contributed by atoms with Crippen LogP contribution in [0, 0.1) is 0 Å². The molecule has 30 heavy (non-hydrogen) atoms. The van der Waals surface area contributed by atoms with E-state index in [2.05, 4.69) is 29.2 Å². The fourth-order valence-electron chi connectivity index (χ4n) is 5.60. The van der Waals surface area contributed by atoms with Crippen LogP contribution in [0.1, 0.15) is 48.8 Å². The molecular formula is C25H28N2O3. The molecule has 2 fully saturated rings. The van der Waals surface area contributed by atoms with Gasteiger partial charge in [0.2, 0.25) is 0 Å². The molecule has 3 aliphatic heterocycles. The molecule has 5 nitrogen and oxygen atoms in total. The summed E-state index contributed by atoms with van der Waals surface area (Å²) in [5.74, 6) is -1.31. The average molecular weight is 405 g/mol. The smallest absolute Gasteiger partial charge is 0.293 e. The topological polar surface area (TPSA) is 42.0 Å². The van der Waals surface area contributed by atoms with Crippen LogP contribution in [0.3, 0.4) is 0 Å². The number of hydrogen-bond acceptors (Lipinski definition) is 4. The van der Waals surface area contributed by atoms with Crippen molar-refractivity contribution in [3.63, 3.8) is 0 Å². The fourth-order valence-corrected chi connectivity index (χ4v) is 5.60. The molecule has 0 radical (unpaired) electrons. The lowest BCUT2D eigenvalue weighted by molar-refractivity contribution is -0.191. The predicted octanol–water partition coefficient (Wildman–Crippen LogP) is 3.95. The van der Waals surface area contributed by atoms with Gasteiger partial charge in [-0.1, -0.05) is 61.7 Å². The van der Waals surface area contributed by atoms with Gasteiger partial charge in [-0.2, -0.15) is 0 Å². The number of anilines is 1. The van der Waals surface area contributed by atoms with E-state index >= 15 is 0 Å². The molecule has 6 rings (SSSR count). The molecule has 0 bridgehead atoms. The number of amides is 1. The standard InChI is InChI=1S/C25H28N2O3/c28-24-25(29-22-12-2-1-3-13-23(22)30-25)20-10-6-7-11-21(20)27(24)17-26-15-14-18-8-4-5-9-19(18)16-26/h4-11,22-23H,1-3,12-17H2/t22-,23-/m0/s1. The second-order valence-corrected chi connectivity index (χ2v) is 9.03. The summed E-state index contributed by atoms with van der Waals surface area (Å²) in [6, 6.07) is 16.6. The van der Waals surface area contributed by atoms with Gasteiger partial charge in [0.15, 0.2) is 0 Å². The van der Waals surface area contributed by atoms with Crippen molar-refractivity contribution in [3.05, 3.63) is 65.2 Å². The molecule has 1 amide bonds. The fraction of sp³-hybridized carbons (Fsp3) is 0.480. The second-order valence-electron chi connectivity index (χ2n) is 9.03. The average Bonchev–Trinajstić information content (AvgIpc) is 3.15. The molecule has 2 aromatic rings. The third-order valence-electron chi connectivity index (χ3n) is 7.15. The van der Waals surface area contributed by atoms with E-state index in [9.17, 15) is 4.79 Å². The van der Waals surface area contributed by atoms with Gasteiger partial charge in [0.1, 0.15) is 0 Å². The molecular weight excluding hydrogens is 376 g/mol. The van der Waals surface area contributed by atoms with Crippen molar-refractivity contribution in [1.82, 2.24) is 4.90 Å². The zero-order chi connectivity index (χ0) is 20.1. The first kappa shape index (κ1) is 18.6. The molecule has 3 heterocycles. The van der Waals surface area contributed by atoms with E-state index in [0.717, 1.165) is 56.4 Å². The van der Waals surface area contributed by atoms with Crippen LogP contribution in [0.25, 0.3) is 0 Å². The van der Waals surface area contributed by atoms with Crippen molar-refractivity contribution < 1.29 is 14.3 Å². The van der Waals surface area contributed by atoms with Crippen LogP contribution in [0.5, 0.6) is 0 Å². The minimum absolute atomic E-state index is 0.0197. The molecule has 5 heteroatoms. The summed E-state index contributed by atoms with van der Waals surface area (Å²) < 4.78 is 13.0. The first-order chi connectivity index (χ1) is 14.7. The number of hydrogen-bond donors (Lipinski definition) is 0. The first-order valence-electron chi connectivity index (χ1n) is 11.3.